The molecule has 0 saturated heterocycles. The third-order valence-corrected chi connectivity index (χ3v) is 4.71. The molecule has 142 valence electrons. The van der Waals surface area contributed by atoms with Crippen molar-refractivity contribution in [2.75, 3.05) is 0 Å². The number of nitro groups is 1. The Balaban J connectivity index is 2.05. The molecule has 2 amide bonds. The predicted molar refractivity (Wildman–Crippen MR) is 106 cm³/mol. The van der Waals surface area contributed by atoms with Gasteiger partial charge in [-0.3, -0.25) is 19.7 Å². The summed E-state index contributed by atoms with van der Waals surface area (Å²) in [4.78, 5) is 34.9. The van der Waals surface area contributed by atoms with Crippen LogP contribution in [-0.4, -0.2) is 22.8 Å². The van der Waals surface area contributed by atoms with Crippen LogP contribution in [0, 0.1) is 10.1 Å². The fourth-order valence-corrected chi connectivity index (χ4v) is 2.70. The summed E-state index contributed by atoms with van der Waals surface area (Å²) < 4.78 is 0.309. The number of nitro benzene ring substituents is 1. The molecule has 2 rings (SSSR count). The summed E-state index contributed by atoms with van der Waals surface area (Å²) in [5.74, 6) is -0.596. The number of nitrogens with one attached hydrogen (secondary N) is 2. The number of carbonyl (C=O) groups excluding carboxylic acids is 2. The molecular formula is C19H20BrN3O4. The van der Waals surface area contributed by atoms with Crippen LogP contribution >= 0.6 is 15.9 Å². The summed E-state index contributed by atoms with van der Waals surface area (Å²) in [5, 5.41) is 16.6. The monoisotopic (exact) mass is 433 g/mol. The van der Waals surface area contributed by atoms with Crippen molar-refractivity contribution in [3.05, 3.63) is 73.7 Å². The Bertz CT molecular complexity index is 870. The minimum atomic E-state index is -0.555. The zero-order chi connectivity index (χ0) is 20.0. The van der Waals surface area contributed by atoms with Gasteiger partial charge in [-0.05, 0) is 59.1 Å². The average Bonchev–Trinajstić information content (AvgIpc) is 2.66. The van der Waals surface area contributed by atoms with Gasteiger partial charge < -0.3 is 10.6 Å². The van der Waals surface area contributed by atoms with Gasteiger partial charge in [0.2, 0.25) is 0 Å². The molecule has 1 atom stereocenters. The van der Waals surface area contributed by atoms with E-state index in [2.05, 4.69) is 26.6 Å². The van der Waals surface area contributed by atoms with E-state index >= 15 is 0 Å². The summed E-state index contributed by atoms with van der Waals surface area (Å²) in [6.07, 6.45) is 0.834. The fourth-order valence-electron chi connectivity index (χ4n) is 2.31. The first kappa shape index (κ1) is 20.6. The van der Waals surface area contributed by atoms with Gasteiger partial charge in [-0.15, -0.1) is 0 Å². The Morgan fingerprint density at radius 2 is 1.85 bits per heavy atom. The van der Waals surface area contributed by atoms with Gasteiger partial charge in [-0.25, -0.2) is 0 Å². The van der Waals surface area contributed by atoms with Crippen LogP contribution in [0.5, 0.6) is 0 Å². The predicted octanol–water partition coefficient (Wildman–Crippen LogP) is 3.82. The van der Waals surface area contributed by atoms with E-state index in [0.29, 0.717) is 10.0 Å². The zero-order valence-corrected chi connectivity index (χ0v) is 16.6. The first-order valence-corrected chi connectivity index (χ1v) is 9.23. The number of benzene rings is 2. The highest BCUT2D eigenvalue weighted by Gasteiger charge is 2.16. The van der Waals surface area contributed by atoms with Crippen LogP contribution in [0.25, 0.3) is 0 Å². The maximum Gasteiger partial charge on any atom is 0.284 e. The van der Waals surface area contributed by atoms with E-state index in [4.69, 9.17) is 0 Å². The van der Waals surface area contributed by atoms with Gasteiger partial charge in [0.05, 0.1) is 9.40 Å². The summed E-state index contributed by atoms with van der Waals surface area (Å²) in [7, 11) is 0. The van der Waals surface area contributed by atoms with Crippen LogP contribution in [-0.2, 0) is 6.54 Å². The molecule has 0 aliphatic heterocycles. The molecule has 0 aliphatic rings. The summed E-state index contributed by atoms with van der Waals surface area (Å²) >= 11 is 3.09. The second-order valence-electron chi connectivity index (χ2n) is 6.09. The van der Waals surface area contributed by atoms with Crippen molar-refractivity contribution < 1.29 is 14.5 Å². The molecule has 0 aliphatic carbocycles. The van der Waals surface area contributed by atoms with E-state index in [1.807, 2.05) is 13.8 Å². The van der Waals surface area contributed by atoms with Crippen molar-refractivity contribution >= 4 is 33.4 Å². The minimum absolute atomic E-state index is 0.0778. The largest absolute Gasteiger partial charge is 0.350 e. The SMILES string of the molecule is CCC(C)NC(=O)c1cccc(CNC(=O)c2ccc(Br)c([N+](=O)[O-])c2)c1. The molecule has 1 unspecified atom stereocenters. The summed E-state index contributed by atoms with van der Waals surface area (Å²) in [5.41, 5.74) is 1.29. The van der Waals surface area contributed by atoms with E-state index in [0.717, 1.165) is 12.0 Å². The van der Waals surface area contributed by atoms with Gasteiger partial charge >= 0.3 is 0 Å². The van der Waals surface area contributed by atoms with Crippen LogP contribution in [0.15, 0.2) is 46.9 Å². The van der Waals surface area contributed by atoms with Crippen molar-refractivity contribution in [1.29, 1.82) is 0 Å². The number of rotatable bonds is 7. The lowest BCUT2D eigenvalue weighted by Crippen LogP contribution is -2.32. The quantitative estimate of drug-likeness (QED) is 0.511. The number of amides is 2. The molecule has 2 aromatic rings. The molecule has 2 aromatic carbocycles. The zero-order valence-electron chi connectivity index (χ0n) is 15.0. The molecule has 0 saturated carbocycles. The molecule has 0 radical (unpaired) electrons. The maximum absolute atomic E-state index is 12.3. The van der Waals surface area contributed by atoms with Crippen LogP contribution < -0.4 is 10.6 Å². The summed E-state index contributed by atoms with van der Waals surface area (Å²) in [6, 6.07) is 11.2. The highest BCUT2D eigenvalue weighted by molar-refractivity contribution is 9.10. The third-order valence-electron chi connectivity index (χ3n) is 4.04. The molecule has 0 bridgehead atoms. The smallest absolute Gasteiger partial charge is 0.284 e. The standard InChI is InChI=1S/C19H20BrN3O4/c1-3-12(2)22-19(25)14-6-4-5-13(9-14)11-21-18(24)15-7-8-16(20)17(10-15)23(26)27/h4-10,12H,3,11H2,1-2H3,(H,21,24)(H,22,25). The molecule has 0 spiro atoms. The molecule has 2 N–H and O–H groups in total. The molecular weight excluding hydrogens is 414 g/mol. The highest BCUT2D eigenvalue weighted by atomic mass is 79.9. The maximum atomic E-state index is 12.3. The molecule has 27 heavy (non-hydrogen) atoms. The lowest BCUT2D eigenvalue weighted by Gasteiger charge is -2.12. The van der Waals surface area contributed by atoms with E-state index in [1.54, 1.807) is 24.3 Å². The van der Waals surface area contributed by atoms with Crippen LogP contribution in [0.2, 0.25) is 0 Å². The Morgan fingerprint density at radius 3 is 2.52 bits per heavy atom. The first-order chi connectivity index (χ1) is 12.8. The second kappa shape index (κ2) is 9.27. The minimum Gasteiger partial charge on any atom is -0.350 e. The van der Waals surface area contributed by atoms with E-state index < -0.39 is 10.8 Å². The Morgan fingerprint density at radius 1 is 1.15 bits per heavy atom. The molecule has 0 fully saturated rings. The molecule has 8 heteroatoms. The van der Waals surface area contributed by atoms with Crippen LogP contribution in [0.1, 0.15) is 46.5 Å². The van der Waals surface area contributed by atoms with E-state index in [1.165, 1.54) is 18.2 Å². The average molecular weight is 434 g/mol. The highest BCUT2D eigenvalue weighted by Crippen LogP contribution is 2.25. The van der Waals surface area contributed by atoms with E-state index in [9.17, 15) is 19.7 Å². The van der Waals surface area contributed by atoms with Crippen molar-refractivity contribution in [2.24, 2.45) is 0 Å². The van der Waals surface area contributed by atoms with Crippen molar-refractivity contribution in [3.63, 3.8) is 0 Å². The number of hydrogen-bond acceptors (Lipinski definition) is 4. The fraction of sp³-hybridized carbons (Fsp3) is 0.263. The van der Waals surface area contributed by atoms with Gasteiger partial charge in [-0.1, -0.05) is 19.1 Å². The molecule has 0 heterocycles. The first-order valence-electron chi connectivity index (χ1n) is 8.43. The van der Waals surface area contributed by atoms with Gasteiger partial charge in [0.15, 0.2) is 0 Å². The lowest BCUT2D eigenvalue weighted by atomic mass is 10.1. The second-order valence-corrected chi connectivity index (χ2v) is 6.94. The number of carbonyl (C=O) groups is 2. The Hall–Kier alpha value is -2.74. The number of hydrogen-bond donors (Lipinski definition) is 2. The Labute approximate surface area is 165 Å². The summed E-state index contributed by atoms with van der Waals surface area (Å²) in [6.45, 7) is 4.12. The van der Waals surface area contributed by atoms with Crippen LogP contribution in [0.3, 0.4) is 0 Å². The van der Waals surface area contributed by atoms with Gasteiger partial charge in [0.25, 0.3) is 17.5 Å². The van der Waals surface area contributed by atoms with Gasteiger partial charge in [-0.2, -0.15) is 0 Å². The van der Waals surface area contributed by atoms with Gasteiger partial charge in [0, 0.05) is 29.8 Å². The number of nitrogens with zero attached hydrogens (tertiary/aromatic N) is 1. The van der Waals surface area contributed by atoms with Gasteiger partial charge in [0.1, 0.15) is 0 Å². The normalized spacial score (nSPS) is 11.5. The van der Waals surface area contributed by atoms with Crippen molar-refractivity contribution in [1.82, 2.24) is 10.6 Å². The van der Waals surface area contributed by atoms with Crippen LogP contribution in [0.4, 0.5) is 5.69 Å². The Kier molecular flexibility index (Phi) is 7.06. The molecule has 0 aromatic heterocycles. The van der Waals surface area contributed by atoms with E-state index in [-0.39, 0.29) is 29.7 Å². The molecule has 7 nitrogen and oxygen atoms in total. The third kappa shape index (κ3) is 5.62. The van der Waals surface area contributed by atoms with Crippen molar-refractivity contribution in [2.45, 2.75) is 32.9 Å². The topological polar surface area (TPSA) is 101 Å². The van der Waals surface area contributed by atoms with Crippen molar-refractivity contribution in [3.8, 4) is 0 Å². The number of halogens is 1. The lowest BCUT2D eigenvalue weighted by molar-refractivity contribution is -0.385.